The van der Waals surface area contributed by atoms with Gasteiger partial charge in [0.05, 0.1) is 11.2 Å². The van der Waals surface area contributed by atoms with Crippen molar-refractivity contribution in [2.24, 2.45) is 0 Å². The molecule has 0 aliphatic heterocycles. The number of hydrogen-bond donors (Lipinski definition) is 0. The van der Waals surface area contributed by atoms with Gasteiger partial charge in [-0.1, -0.05) is 0 Å². The summed E-state index contributed by atoms with van der Waals surface area (Å²) in [5.74, 6) is 0.354. The van der Waals surface area contributed by atoms with Gasteiger partial charge in [-0.15, -0.1) is 11.6 Å². The number of rotatable bonds is 4. The average Bonchev–Trinajstić information content (AvgIpc) is 2.68. The van der Waals surface area contributed by atoms with Crippen LogP contribution in [0.2, 0.25) is 0 Å². The molecule has 0 aliphatic carbocycles. The first-order chi connectivity index (χ1) is 7.83. The van der Waals surface area contributed by atoms with Gasteiger partial charge in [0.2, 0.25) is 0 Å². The third-order valence-corrected chi connectivity index (χ3v) is 3.61. The molecule has 0 N–H and O–H groups in total. The molecule has 0 spiro atoms. The summed E-state index contributed by atoms with van der Waals surface area (Å²) in [5.41, 5.74) is 1.10. The standard InChI is InChI=1S/C12H20ClN3O/c1-6-16-10(7-9(2)14-16)11(17)15(5)12(3,4)8-13/h7H,6,8H2,1-5H3. The van der Waals surface area contributed by atoms with Gasteiger partial charge in [-0.2, -0.15) is 5.10 Å². The molecule has 0 atom stereocenters. The Bertz CT molecular complexity index is 412. The fraction of sp³-hybridized carbons (Fsp3) is 0.667. The van der Waals surface area contributed by atoms with E-state index in [1.165, 1.54) is 0 Å². The molecule has 0 aliphatic rings. The van der Waals surface area contributed by atoms with Crippen molar-refractivity contribution in [3.05, 3.63) is 17.5 Å². The Morgan fingerprint density at radius 3 is 2.65 bits per heavy atom. The van der Waals surface area contributed by atoms with Gasteiger partial charge in [0, 0.05) is 19.5 Å². The molecule has 0 aromatic carbocycles. The maximum atomic E-state index is 12.3. The Kier molecular flexibility index (Phi) is 4.20. The minimum Gasteiger partial charge on any atom is -0.334 e. The average molecular weight is 258 g/mol. The molecule has 1 aromatic rings. The summed E-state index contributed by atoms with van der Waals surface area (Å²) in [6, 6.07) is 1.81. The normalized spacial score (nSPS) is 11.6. The van der Waals surface area contributed by atoms with E-state index in [4.69, 9.17) is 11.6 Å². The van der Waals surface area contributed by atoms with Crippen LogP contribution in [0.25, 0.3) is 0 Å². The number of hydrogen-bond acceptors (Lipinski definition) is 2. The highest BCUT2D eigenvalue weighted by atomic mass is 35.5. The lowest BCUT2D eigenvalue weighted by Gasteiger charge is -2.33. The van der Waals surface area contributed by atoms with Gasteiger partial charge < -0.3 is 4.90 Å². The number of aromatic nitrogens is 2. The zero-order chi connectivity index (χ0) is 13.2. The third kappa shape index (κ3) is 2.80. The van der Waals surface area contributed by atoms with Gasteiger partial charge in [0.15, 0.2) is 0 Å². The van der Waals surface area contributed by atoms with Crippen molar-refractivity contribution < 1.29 is 4.79 Å². The van der Waals surface area contributed by atoms with Crippen LogP contribution in [0, 0.1) is 6.92 Å². The van der Waals surface area contributed by atoms with E-state index in [1.807, 2.05) is 33.8 Å². The molecule has 5 heteroatoms. The van der Waals surface area contributed by atoms with Crippen LogP contribution in [-0.4, -0.2) is 39.1 Å². The smallest absolute Gasteiger partial charge is 0.272 e. The predicted octanol–water partition coefficient (Wildman–Crippen LogP) is 2.30. The minimum atomic E-state index is -0.366. The zero-order valence-corrected chi connectivity index (χ0v) is 11.9. The van der Waals surface area contributed by atoms with E-state index in [1.54, 1.807) is 16.6 Å². The third-order valence-electron chi connectivity index (χ3n) is 2.96. The Hall–Kier alpha value is -1.03. The minimum absolute atomic E-state index is 0.0434. The van der Waals surface area contributed by atoms with Crippen LogP contribution in [0.15, 0.2) is 6.07 Å². The number of halogens is 1. The Balaban J connectivity index is 3.04. The summed E-state index contributed by atoms with van der Waals surface area (Å²) in [6.45, 7) is 8.42. The van der Waals surface area contributed by atoms with Crippen molar-refractivity contribution in [2.45, 2.75) is 39.8 Å². The van der Waals surface area contributed by atoms with Crippen LogP contribution in [0.5, 0.6) is 0 Å². The van der Waals surface area contributed by atoms with E-state index >= 15 is 0 Å². The van der Waals surface area contributed by atoms with Gasteiger partial charge in [-0.3, -0.25) is 9.48 Å². The zero-order valence-electron chi connectivity index (χ0n) is 11.1. The summed E-state index contributed by atoms with van der Waals surface area (Å²) < 4.78 is 1.72. The largest absolute Gasteiger partial charge is 0.334 e. The summed E-state index contributed by atoms with van der Waals surface area (Å²) >= 11 is 5.88. The molecule has 0 radical (unpaired) electrons. The van der Waals surface area contributed by atoms with Crippen molar-refractivity contribution in [3.8, 4) is 0 Å². The number of amides is 1. The summed E-state index contributed by atoms with van der Waals surface area (Å²) in [7, 11) is 1.77. The van der Waals surface area contributed by atoms with Gasteiger partial charge in [-0.25, -0.2) is 0 Å². The molecule has 4 nitrogen and oxygen atoms in total. The monoisotopic (exact) mass is 257 g/mol. The number of aryl methyl sites for hydroxylation is 2. The molecule has 1 rings (SSSR count). The molecule has 17 heavy (non-hydrogen) atoms. The van der Waals surface area contributed by atoms with Crippen LogP contribution in [0.3, 0.4) is 0 Å². The van der Waals surface area contributed by atoms with Crippen molar-refractivity contribution in [1.82, 2.24) is 14.7 Å². The first kappa shape index (κ1) is 14.0. The van der Waals surface area contributed by atoms with Crippen molar-refractivity contribution >= 4 is 17.5 Å². The van der Waals surface area contributed by atoms with Gasteiger partial charge >= 0.3 is 0 Å². The predicted molar refractivity (Wildman–Crippen MR) is 69.5 cm³/mol. The van der Waals surface area contributed by atoms with Crippen molar-refractivity contribution in [2.75, 3.05) is 12.9 Å². The van der Waals surface area contributed by atoms with Crippen molar-refractivity contribution in [3.63, 3.8) is 0 Å². The van der Waals surface area contributed by atoms with Crippen LogP contribution in [0.1, 0.15) is 37.0 Å². The number of carbonyl (C=O) groups is 1. The molecule has 0 unspecified atom stereocenters. The SMILES string of the molecule is CCn1nc(C)cc1C(=O)N(C)C(C)(C)CCl. The highest BCUT2D eigenvalue weighted by Crippen LogP contribution is 2.18. The van der Waals surface area contributed by atoms with Crippen LogP contribution < -0.4 is 0 Å². The lowest BCUT2D eigenvalue weighted by Crippen LogP contribution is -2.47. The summed E-state index contributed by atoms with van der Waals surface area (Å²) in [6.07, 6.45) is 0. The summed E-state index contributed by atoms with van der Waals surface area (Å²) in [4.78, 5) is 14.0. The van der Waals surface area contributed by atoms with Crippen LogP contribution in [0.4, 0.5) is 0 Å². The molecule has 0 bridgehead atoms. The lowest BCUT2D eigenvalue weighted by atomic mass is 10.1. The van der Waals surface area contributed by atoms with E-state index in [9.17, 15) is 4.79 Å². The highest BCUT2D eigenvalue weighted by Gasteiger charge is 2.29. The first-order valence-corrected chi connectivity index (χ1v) is 6.25. The van der Waals surface area contributed by atoms with Crippen LogP contribution in [-0.2, 0) is 6.54 Å². The molecule has 1 aromatic heterocycles. The first-order valence-electron chi connectivity index (χ1n) is 5.72. The fourth-order valence-corrected chi connectivity index (χ4v) is 1.67. The second kappa shape index (κ2) is 5.08. The Morgan fingerprint density at radius 1 is 1.59 bits per heavy atom. The van der Waals surface area contributed by atoms with E-state index in [2.05, 4.69) is 5.10 Å². The van der Waals surface area contributed by atoms with E-state index in [0.717, 1.165) is 5.69 Å². The molecular weight excluding hydrogens is 238 g/mol. The number of nitrogens with zero attached hydrogens (tertiary/aromatic N) is 3. The van der Waals surface area contributed by atoms with Gasteiger partial charge in [0.25, 0.3) is 5.91 Å². The maximum absolute atomic E-state index is 12.3. The molecule has 1 amide bonds. The Morgan fingerprint density at radius 2 is 2.18 bits per heavy atom. The quantitative estimate of drug-likeness (QED) is 0.777. The molecular formula is C12H20ClN3O. The second-order valence-corrected chi connectivity index (χ2v) is 5.06. The van der Waals surface area contributed by atoms with Gasteiger partial charge in [0.1, 0.15) is 5.69 Å². The lowest BCUT2D eigenvalue weighted by molar-refractivity contribution is 0.0647. The van der Waals surface area contributed by atoms with E-state index in [-0.39, 0.29) is 11.4 Å². The molecule has 0 saturated carbocycles. The van der Waals surface area contributed by atoms with E-state index < -0.39 is 0 Å². The van der Waals surface area contributed by atoms with Crippen molar-refractivity contribution in [1.29, 1.82) is 0 Å². The Labute approximate surface area is 108 Å². The highest BCUT2D eigenvalue weighted by molar-refractivity contribution is 6.18. The molecule has 0 fully saturated rings. The topological polar surface area (TPSA) is 38.1 Å². The van der Waals surface area contributed by atoms with Crippen LogP contribution >= 0.6 is 11.6 Å². The van der Waals surface area contributed by atoms with E-state index in [0.29, 0.717) is 18.1 Å². The molecule has 96 valence electrons. The second-order valence-electron chi connectivity index (χ2n) is 4.80. The number of carbonyl (C=O) groups excluding carboxylic acids is 1. The maximum Gasteiger partial charge on any atom is 0.272 e. The number of alkyl halides is 1. The summed E-state index contributed by atoms with van der Waals surface area (Å²) in [5, 5.41) is 4.28. The molecule has 1 heterocycles. The van der Waals surface area contributed by atoms with Gasteiger partial charge in [-0.05, 0) is 33.8 Å². The molecule has 0 saturated heterocycles. The fourth-order valence-electron chi connectivity index (χ4n) is 1.50.